The highest BCUT2D eigenvalue weighted by Crippen LogP contribution is 2.43. The Balaban J connectivity index is 1.46. The number of amides is 4. The number of carbonyl (C=O) groups is 5. The first kappa shape index (κ1) is 40.4. The van der Waals surface area contributed by atoms with Crippen molar-refractivity contribution in [3.05, 3.63) is 91.9 Å². The molecular formula is C36H41BrCl2N6O7. The number of nitrogens with one attached hydrogen (secondary N) is 5. The van der Waals surface area contributed by atoms with E-state index in [1.54, 1.807) is 75.4 Å². The molecular weight excluding hydrogens is 779 g/mol. The molecule has 2 unspecified atom stereocenters. The fraction of sp³-hybridized carbons (Fsp3) is 0.361. The summed E-state index contributed by atoms with van der Waals surface area (Å²) in [7, 11) is 1.19. The van der Waals surface area contributed by atoms with Crippen molar-refractivity contribution in [2.24, 2.45) is 5.73 Å². The summed E-state index contributed by atoms with van der Waals surface area (Å²) in [5.74, 6) is -2.32. The lowest BCUT2D eigenvalue weighted by molar-refractivity contribution is -0.145. The Labute approximate surface area is 320 Å². The van der Waals surface area contributed by atoms with Crippen LogP contribution in [0.5, 0.6) is 0 Å². The molecule has 0 fully saturated rings. The minimum Gasteiger partial charge on any atom is -0.467 e. The van der Waals surface area contributed by atoms with Crippen LogP contribution in [0.4, 0.5) is 16.2 Å². The molecule has 0 aromatic heterocycles. The highest BCUT2D eigenvalue weighted by Gasteiger charge is 2.47. The van der Waals surface area contributed by atoms with Crippen LogP contribution in [0.3, 0.4) is 0 Å². The van der Waals surface area contributed by atoms with Crippen molar-refractivity contribution in [3.8, 4) is 0 Å². The maximum Gasteiger partial charge on any atom is 0.408 e. The Hall–Kier alpha value is -4.37. The van der Waals surface area contributed by atoms with Gasteiger partial charge in [-0.2, -0.15) is 0 Å². The van der Waals surface area contributed by atoms with Crippen molar-refractivity contribution < 1.29 is 33.4 Å². The number of methoxy groups -OCH3 is 1. The molecule has 16 heteroatoms. The molecule has 3 aromatic carbocycles. The van der Waals surface area contributed by atoms with E-state index >= 15 is 0 Å². The summed E-state index contributed by atoms with van der Waals surface area (Å²) < 4.78 is 10.7. The number of alkyl carbamates (subject to hydrolysis) is 1. The first-order chi connectivity index (χ1) is 24.5. The van der Waals surface area contributed by atoms with Gasteiger partial charge in [0, 0.05) is 37.9 Å². The van der Waals surface area contributed by atoms with E-state index in [0.29, 0.717) is 37.9 Å². The van der Waals surface area contributed by atoms with Gasteiger partial charge in [-0.25, -0.2) is 9.59 Å². The number of halogens is 3. The van der Waals surface area contributed by atoms with Crippen molar-refractivity contribution in [1.82, 2.24) is 16.0 Å². The largest absolute Gasteiger partial charge is 0.467 e. The fourth-order valence-electron chi connectivity index (χ4n) is 5.65. The second-order valence-electron chi connectivity index (χ2n) is 13.2. The summed E-state index contributed by atoms with van der Waals surface area (Å²) >= 11 is 16.0. The minimum atomic E-state index is -1.38. The molecule has 0 saturated heterocycles. The maximum absolute atomic E-state index is 13.8. The number of anilines is 2. The average Bonchev–Trinajstić information content (AvgIpc) is 3.30. The second kappa shape index (κ2) is 17.4. The lowest BCUT2D eigenvalue weighted by Crippen LogP contribution is -2.47. The third-order valence-electron chi connectivity index (χ3n) is 7.95. The zero-order chi connectivity index (χ0) is 38.2. The molecule has 1 heterocycles. The quantitative estimate of drug-likeness (QED) is 0.0886. The van der Waals surface area contributed by atoms with E-state index in [-0.39, 0.29) is 30.7 Å². The molecule has 4 amide bonds. The number of esters is 1. The molecule has 1 aliphatic heterocycles. The molecule has 1 aliphatic rings. The Morgan fingerprint density at radius 2 is 1.71 bits per heavy atom. The van der Waals surface area contributed by atoms with Crippen LogP contribution in [0.25, 0.3) is 0 Å². The van der Waals surface area contributed by atoms with E-state index in [4.69, 9.17) is 38.4 Å². The van der Waals surface area contributed by atoms with Crippen molar-refractivity contribution in [3.63, 3.8) is 0 Å². The molecule has 52 heavy (non-hydrogen) atoms. The van der Waals surface area contributed by atoms with Gasteiger partial charge >= 0.3 is 12.1 Å². The van der Waals surface area contributed by atoms with Crippen molar-refractivity contribution >= 4 is 80.3 Å². The van der Waals surface area contributed by atoms with E-state index in [0.717, 1.165) is 5.56 Å². The van der Waals surface area contributed by atoms with Gasteiger partial charge in [0.1, 0.15) is 17.2 Å². The van der Waals surface area contributed by atoms with Gasteiger partial charge in [-0.05, 0) is 88.1 Å². The first-order valence-corrected chi connectivity index (χ1v) is 17.9. The molecule has 3 aromatic rings. The number of fused-ring (bicyclic) bond motifs is 1. The Morgan fingerprint density at radius 1 is 0.981 bits per heavy atom. The second-order valence-corrected chi connectivity index (χ2v) is 15.0. The summed E-state index contributed by atoms with van der Waals surface area (Å²) in [5.41, 5.74) is 6.26. The summed E-state index contributed by atoms with van der Waals surface area (Å²) in [6, 6.07) is 16.0. The number of ether oxygens (including phenoxy) is 2. The Morgan fingerprint density at radius 3 is 2.40 bits per heavy atom. The summed E-state index contributed by atoms with van der Waals surface area (Å²) in [5, 5.41) is 14.9. The predicted octanol–water partition coefficient (Wildman–Crippen LogP) is 5.63. The molecule has 0 saturated carbocycles. The lowest BCUT2D eigenvalue weighted by Gasteiger charge is -2.31. The van der Waals surface area contributed by atoms with Crippen molar-refractivity contribution in [2.45, 2.75) is 69.8 Å². The van der Waals surface area contributed by atoms with Crippen LogP contribution in [0.15, 0.2) is 65.1 Å². The molecule has 7 N–H and O–H groups in total. The van der Waals surface area contributed by atoms with Crippen LogP contribution < -0.4 is 32.3 Å². The van der Waals surface area contributed by atoms with Crippen LogP contribution >= 0.6 is 39.1 Å². The fourth-order valence-corrected chi connectivity index (χ4v) is 6.40. The molecule has 3 atom stereocenters. The molecule has 0 bridgehead atoms. The third kappa shape index (κ3) is 10.8. The van der Waals surface area contributed by atoms with E-state index in [1.807, 2.05) is 6.07 Å². The van der Waals surface area contributed by atoms with Crippen LogP contribution in [0, 0.1) is 0 Å². The van der Waals surface area contributed by atoms with Crippen LogP contribution in [0.2, 0.25) is 10.0 Å². The minimum absolute atomic E-state index is 0.146. The normalized spacial score (nSPS) is 16.1. The number of nitrogens with two attached hydrogens (primary N) is 1. The molecule has 0 spiro atoms. The summed E-state index contributed by atoms with van der Waals surface area (Å²) in [6.45, 7) is 4.70. The van der Waals surface area contributed by atoms with Gasteiger partial charge in [0.25, 0.3) is 11.8 Å². The SMILES string of the molecule is COC(=O)C(CCC[C@@H](N)NC(=O)OC(C)(C)C)NC(=O)CNC(=O)c1ccc(Br)cc1NC1(Cc2cccc(Cl)c2)C(=O)Nc2cc(Cl)ccc21. The van der Waals surface area contributed by atoms with Gasteiger partial charge in [-0.1, -0.05) is 57.3 Å². The number of hydrogen-bond donors (Lipinski definition) is 6. The van der Waals surface area contributed by atoms with Gasteiger partial charge in [0.2, 0.25) is 5.91 Å². The van der Waals surface area contributed by atoms with Gasteiger partial charge in [-0.3, -0.25) is 14.4 Å². The zero-order valence-electron chi connectivity index (χ0n) is 29.0. The average molecular weight is 821 g/mol. The zero-order valence-corrected chi connectivity index (χ0v) is 32.1. The van der Waals surface area contributed by atoms with Crippen LogP contribution in [-0.4, -0.2) is 61.2 Å². The number of rotatable bonds is 14. The monoisotopic (exact) mass is 818 g/mol. The molecule has 278 valence electrons. The summed E-state index contributed by atoms with van der Waals surface area (Å²) in [6.07, 6.45) is -0.469. The Kier molecular flexibility index (Phi) is 13.5. The number of benzene rings is 3. The molecule has 4 rings (SSSR count). The smallest absolute Gasteiger partial charge is 0.408 e. The first-order valence-electron chi connectivity index (χ1n) is 16.3. The van der Waals surface area contributed by atoms with Gasteiger partial charge in [0.15, 0.2) is 0 Å². The van der Waals surface area contributed by atoms with Gasteiger partial charge < -0.3 is 41.8 Å². The highest BCUT2D eigenvalue weighted by molar-refractivity contribution is 9.10. The van der Waals surface area contributed by atoms with Gasteiger partial charge in [0.05, 0.1) is 25.4 Å². The highest BCUT2D eigenvalue weighted by atomic mass is 79.9. The topological polar surface area (TPSA) is 190 Å². The third-order valence-corrected chi connectivity index (χ3v) is 8.91. The van der Waals surface area contributed by atoms with Crippen LogP contribution in [0.1, 0.15) is 61.5 Å². The molecule has 13 nitrogen and oxygen atoms in total. The molecule has 0 aliphatic carbocycles. The molecule has 0 radical (unpaired) electrons. The van der Waals surface area contributed by atoms with Crippen molar-refractivity contribution in [2.75, 3.05) is 24.3 Å². The summed E-state index contributed by atoms with van der Waals surface area (Å²) in [4.78, 5) is 64.9. The van der Waals surface area contributed by atoms with E-state index in [1.165, 1.54) is 7.11 Å². The maximum atomic E-state index is 13.8. The van der Waals surface area contributed by atoms with E-state index in [2.05, 4.69) is 42.5 Å². The predicted molar refractivity (Wildman–Crippen MR) is 202 cm³/mol. The standard InChI is InChI=1S/C36H41BrCl2N6O7/c1-35(2,3)52-34(50)44-29(40)10-6-9-26(32(48)51-4)42-30(46)19-41-31(47)24-13-11-21(37)16-27(24)45-36(18-20-7-5-8-22(38)15-20)25-14-12-23(39)17-28(25)43-33(36)49/h5,7-8,11-17,26,29,45H,6,9-10,18-19,40H2,1-4H3,(H,41,47)(H,42,46)(H,43,49)(H,44,50)/t26?,29-,36?/m0/s1. The Bertz CT molecular complexity index is 1840. The van der Waals surface area contributed by atoms with Crippen LogP contribution in [-0.2, 0) is 35.8 Å². The lowest BCUT2D eigenvalue weighted by atomic mass is 9.84. The van der Waals surface area contributed by atoms with Gasteiger partial charge in [-0.15, -0.1) is 0 Å². The number of hydrogen-bond acceptors (Lipinski definition) is 9. The van der Waals surface area contributed by atoms with E-state index in [9.17, 15) is 24.0 Å². The van der Waals surface area contributed by atoms with Crippen molar-refractivity contribution in [1.29, 1.82) is 0 Å². The number of carbonyl (C=O) groups excluding carboxylic acids is 5. The van der Waals surface area contributed by atoms with E-state index < -0.39 is 53.8 Å².